The number of amides is 3. The van der Waals surface area contributed by atoms with Crippen LogP contribution in [-0.2, 0) is 21.9 Å². The summed E-state index contributed by atoms with van der Waals surface area (Å²) < 4.78 is 36.0. The first-order valence-corrected chi connectivity index (χ1v) is 14.5. The first kappa shape index (κ1) is 24.9. The minimum absolute atomic E-state index is 0.0356. The zero-order valence-corrected chi connectivity index (χ0v) is 20.5. The number of carbonyl (C=O) groups excluding carboxylic acids is 2. The van der Waals surface area contributed by atoms with Crippen LogP contribution in [0.25, 0.3) is 0 Å². The molecule has 0 radical (unpaired) electrons. The van der Waals surface area contributed by atoms with Crippen molar-refractivity contribution in [3.8, 4) is 0 Å². The second-order valence-corrected chi connectivity index (χ2v) is 14.4. The van der Waals surface area contributed by atoms with E-state index < -0.39 is 31.6 Å². The highest BCUT2D eigenvalue weighted by molar-refractivity contribution is 6.88. The van der Waals surface area contributed by atoms with E-state index in [1.54, 1.807) is 31.4 Å². The summed E-state index contributed by atoms with van der Waals surface area (Å²) >= 11 is 0. The lowest BCUT2D eigenvalue weighted by Gasteiger charge is -2.29. The Morgan fingerprint density at radius 3 is 2.27 bits per heavy atom. The van der Waals surface area contributed by atoms with E-state index in [-0.39, 0.29) is 11.3 Å². The highest BCUT2D eigenvalue weighted by Crippen LogP contribution is 2.27. The van der Waals surface area contributed by atoms with Gasteiger partial charge in [-0.3, -0.25) is 10.1 Å². The Morgan fingerprint density at radius 2 is 1.73 bits per heavy atom. The molecular formula is C24H31F2N3O3Si. The number of halogens is 2. The molecule has 33 heavy (non-hydrogen) atoms. The number of hydrogen-bond acceptors (Lipinski definition) is 3. The van der Waals surface area contributed by atoms with Gasteiger partial charge in [-0.25, -0.2) is 13.6 Å². The van der Waals surface area contributed by atoms with Gasteiger partial charge in [0.2, 0.25) is 0 Å². The fourth-order valence-corrected chi connectivity index (χ4v) is 5.19. The maximum atomic E-state index is 16.3. The molecule has 2 aromatic carbocycles. The molecule has 6 nitrogen and oxygen atoms in total. The van der Waals surface area contributed by atoms with Crippen molar-refractivity contribution >= 4 is 30.9 Å². The molecule has 0 aliphatic carbocycles. The number of nitrogens with one attached hydrogen (secondary N) is 2. The molecule has 1 heterocycles. The number of likely N-dealkylation sites (tertiary alicyclic amines) is 1. The third kappa shape index (κ3) is 5.78. The molecule has 0 spiro atoms. The third-order valence-electron chi connectivity index (χ3n) is 5.68. The Kier molecular flexibility index (Phi) is 7.54. The van der Waals surface area contributed by atoms with Crippen molar-refractivity contribution in [1.82, 2.24) is 10.2 Å². The fourth-order valence-electron chi connectivity index (χ4n) is 3.82. The third-order valence-corrected chi connectivity index (χ3v) is 7.70. The van der Waals surface area contributed by atoms with Crippen molar-refractivity contribution in [3.63, 3.8) is 0 Å². The number of carbonyl (C=O) groups is 2. The van der Waals surface area contributed by atoms with Crippen LogP contribution >= 0.6 is 0 Å². The fraction of sp³-hybridized carbons (Fsp3) is 0.417. The van der Waals surface area contributed by atoms with Crippen molar-refractivity contribution in [3.05, 3.63) is 59.4 Å². The molecule has 0 aromatic heterocycles. The van der Waals surface area contributed by atoms with Gasteiger partial charge in [-0.1, -0.05) is 50.0 Å². The molecule has 3 rings (SSSR count). The zero-order valence-electron chi connectivity index (χ0n) is 19.5. The molecule has 0 unspecified atom stereocenters. The molecule has 0 saturated carbocycles. The molecule has 2 N–H and O–H groups in total. The number of methoxy groups -OCH3 is 1. The Balaban J connectivity index is 1.90. The second kappa shape index (κ2) is 10.0. The quantitative estimate of drug-likeness (QED) is 0.468. The van der Waals surface area contributed by atoms with Gasteiger partial charge in [0.15, 0.2) is 0 Å². The van der Waals surface area contributed by atoms with Crippen LogP contribution in [0.5, 0.6) is 0 Å². The summed E-state index contributed by atoms with van der Waals surface area (Å²) in [6, 6.07) is 9.84. The number of alkyl halides is 1. The van der Waals surface area contributed by atoms with Gasteiger partial charge in [0.1, 0.15) is 5.82 Å². The van der Waals surface area contributed by atoms with Gasteiger partial charge in [0, 0.05) is 31.5 Å². The number of anilines is 1. The first-order valence-electron chi connectivity index (χ1n) is 11.0. The van der Waals surface area contributed by atoms with Crippen molar-refractivity contribution in [2.24, 2.45) is 0 Å². The SMILES string of the molecule is COCc1ccc([C@](F)(NC(=O)N2CCCC2)C(=O)Nc2ccc([Si](C)(C)C)c(F)c2)cc1. The summed E-state index contributed by atoms with van der Waals surface area (Å²) in [5.41, 5.74) is 0.874. The lowest BCUT2D eigenvalue weighted by atomic mass is 10.0. The maximum Gasteiger partial charge on any atom is 0.320 e. The average Bonchev–Trinajstić information content (AvgIpc) is 3.28. The van der Waals surface area contributed by atoms with Crippen molar-refractivity contribution in [2.75, 3.05) is 25.5 Å². The molecule has 178 valence electrons. The summed E-state index contributed by atoms with van der Waals surface area (Å²) in [5.74, 6) is -4.39. The number of nitrogens with zero attached hydrogens (tertiary/aromatic N) is 1. The van der Waals surface area contributed by atoms with Crippen LogP contribution in [0.1, 0.15) is 24.0 Å². The van der Waals surface area contributed by atoms with Crippen LogP contribution in [0.15, 0.2) is 42.5 Å². The van der Waals surface area contributed by atoms with Crippen molar-refractivity contribution < 1.29 is 23.1 Å². The Hall–Kier alpha value is -2.78. The van der Waals surface area contributed by atoms with E-state index in [4.69, 9.17) is 4.74 Å². The number of urea groups is 1. The lowest BCUT2D eigenvalue weighted by Crippen LogP contribution is -2.54. The van der Waals surface area contributed by atoms with E-state index in [1.807, 2.05) is 19.6 Å². The maximum absolute atomic E-state index is 16.3. The second-order valence-electron chi connectivity index (χ2n) is 9.31. The van der Waals surface area contributed by atoms with Crippen LogP contribution in [0.3, 0.4) is 0 Å². The van der Waals surface area contributed by atoms with Crippen molar-refractivity contribution in [2.45, 2.75) is 44.9 Å². The molecule has 1 aliphatic rings. The number of benzene rings is 2. The van der Waals surface area contributed by atoms with Crippen LogP contribution in [-0.4, -0.2) is 45.1 Å². The number of hydrogen-bond donors (Lipinski definition) is 2. The topological polar surface area (TPSA) is 70.7 Å². The van der Waals surface area contributed by atoms with E-state index >= 15 is 4.39 Å². The normalized spacial score (nSPS) is 15.8. The smallest absolute Gasteiger partial charge is 0.320 e. The van der Waals surface area contributed by atoms with E-state index in [1.165, 1.54) is 23.1 Å². The molecule has 1 saturated heterocycles. The van der Waals surface area contributed by atoms with Crippen LogP contribution in [0.2, 0.25) is 19.6 Å². The molecular weight excluding hydrogens is 444 g/mol. The summed E-state index contributed by atoms with van der Waals surface area (Å²) in [6.07, 6.45) is 1.65. The van der Waals surface area contributed by atoms with Crippen LogP contribution in [0.4, 0.5) is 19.3 Å². The molecule has 1 aliphatic heterocycles. The Bertz CT molecular complexity index is 1010. The van der Waals surface area contributed by atoms with E-state index in [9.17, 15) is 14.0 Å². The van der Waals surface area contributed by atoms with Gasteiger partial charge < -0.3 is 15.0 Å². The van der Waals surface area contributed by atoms with Gasteiger partial charge in [0.05, 0.1) is 14.7 Å². The number of ether oxygens (including phenoxy) is 1. The lowest BCUT2D eigenvalue weighted by molar-refractivity contribution is -0.129. The predicted molar refractivity (Wildman–Crippen MR) is 127 cm³/mol. The molecule has 1 atom stereocenters. The molecule has 9 heteroatoms. The minimum Gasteiger partial charge on any atom is -0.380 e. The van der Waals surface area contributed by atoms with Crippen LogP contribution in [0, 0.1) is 5.82 Å². The van der Waals surface area contributed by atoms with E-state index in [0.29, 0.717) is 24.9 Å². The van der Waals surface area contributed by atoms with Gasteiger partial charge in [-0.05, 0) is 35.7 Å². The van der Waals surface area contributed by atoms with E-state index in [2.05, 4.69) is 10.6 Å². The monoisotopic (exact) mass is 475 g/mol. The highest BCUT2D eigenvalue weighted by atomic mass is 28.3. The molecule has 0 bridgehead atoms. The number of rotatable bonds is 7. The minimum atomic E-state index is -2.85. The summed E-state index contributed by atoms with van der Waals surface area (Å²) in [4.78, 5) is 27.3. The Morgan fingerprint density at radius 1 is 1.09 bits per heavy atom. The summed E-state index contributed by atoms with van der Waals surface area (Å²) in [7, 11) is -0.369. The highest BCUT2D eigenvalue weighted by Gasteiger charge is 2.43. The van der Waals surface area contributed by atoms with Gasteiger partial charge in [-0.2, -0.15) is 0 Å². The van der Waals surface area contributed by atoms with E-state index in [0.717, 1.165) is 18.4 Å². The molecule has 2 aromatic rings. The molecule has 3 amide bonds. The largest absolute Gasteiger partial charge is 0.380 e. The average molecular weight is 476 g/mol. The van der Waals surface area contributed by atoms with Crippen LogP contribution < -0.4 is 15.8 Å². The van der Waals surface area contributed by atoms with Gasteiger partial charge in [-0.15, -0.1) is 0 Å². The van der Waals surface area contributed by atoms with Gasteiger partial charge in [0.25, 0.3) is 11.7 Å². The van der Waals surface area contributed by atoms with Gasteiger partial charge >= 0.3 is 6.03 Å². The summed E-state index contributed by atoms with van der Waals surface area (Å²) in [5, 5.41) is 5.32. The molecule has 1 fully saturated rings. The standard InChI is InChI=1S/C24H31F2N3O3Si/c1-32-16-17-7-9-18(10-8-17)24(26,28-23(31)29-13-5-6-14-29)22(30)27-19-11-12-21(20(25)15-19)33(2,3)4/h7-12,15H,5-6,13-14,16H2,1-4H3,(H,27,30)(H,28,31)/t24-/m0/s1. The zero-order chi connectivity index (χ0) is 24.2. The summed E-state index contributed by atoms with van der Waals surface area (Å²) in [6.45, 7) is 7.36. The Labute approximate surface area is 194 Å². The first-order chi connectivity index (χ1) is 15.5. The predicted octanol–water partition coefficient (Wildman–Crippen LogP) is 4.08. The van der Waals surface area contributed by atoms with Crippen molar-refractivity contribution in [1.29, 1.82) is 0 Å².